The number of fused-ring (bicyclic) bond motifs is 1. The molecular weight excluding hydrogens is 280 g/mol. The van der Waals surface area contributed by atoms with Gasteiger partial charge in [0.25, 0.3) is 0 Å². The summed E-state index contributed by atoms with van der Waals surface area (Å²) in [6.45, 7) is 4.22. The predicted molar refractivity (Wildman–Crippen MR) is 88.7 cm³/mol. The third-order valence-electron chi connectivity index (χ3n) is 3.54. The lowest BCUT2D eigenvalue weighted by Gasteiger charge is -2.09. The number of nitrogens with one attached hydrogen (secondary N) is 1. The number of hydrogen-bond donors (Lipinski definition) is 2. The van der Waals surface area contributed by atoms with Gasteiger partial charge in [0, 0.05) is 22.0 Å². The zero-order chi connectivity index (χ0) is 15.0. The van der Waals surface area contributed by atoms with E-state index in [0.29, 0.717) is 6.42 Å². The first-order valence-electron chi connectivity index (χ1n) is 6.93. The summed E-state index contributed by atoms with van der Waals surface area (Å²) < 4.78 is 0. The molecule has 0 fully saturated rings. The number of amides is 1. The molecule has 21 heavy (non-hydrogen) atoms. The summed E-state index contributed by atoms with van der Waals surface area (Å²) in [6.07, 6.45) is 0.432. The van der Waals surface area contributed by atoms with E-state index in [2.05, 4.69) is 37.4 Å². The first kappa shape index (κ1) is 14.0. The summed E-state index contributed by atoms with van der Waals surface area (Å²) in [5.74, 6) is 0.917. The molecular formula is C17H18N2OS. The Morgan fingerprint density at radius 1 is 1.14 bits per heavy atom. The van der Waals surface area contributed by atoms with Crippen LogP contribution < -0.4 is 11.1 Å². The van der Waals surface area contributed by atoms with Crippen molar-refractivity contribution >= 4 is 29.0 Å². The van der Waals surface area contributed by atoms with Gasteiger partial charge in [0.15, 0.2) is 0 Å². The van der Waals surface area contributed by atoms with Gasteiger partial charge < -0.3 is 11.1 Å². The molecule has 1 aliphatic rings. The largest absolute Gasteiger partial charge is 0.398 e. The molecule has 108 valence electrons. The molecule has 0 spiro atoms. The molecule has 1 amide bonds. The molecule has 0 aromatic heterocycles. The molecule has 2 aromatic rings. The molecule has 0 aliphatic carbocycles. The highest BCUT2D eigenvalue weighted by atomic mass is 32.2. The minimum Gasteiger partial charge on any atom is -0.398 e. The van der Waals surface area contributed by atoms with Crippen molar-refractivity contribution < 1.29 is 4.79 Å². The van der Waals surface area contributed by atoms with Crippen molar-refractivity contribution in [1.29, 1.82) is 0 Å². The standard InChI is InChI=1S/C17H18N2OS/c1-10-3-11(2)5-12(4-10)9-21-16-8-15-13(6-14(16)18)7-17(20)19-15/h3-6,8H,7,9,18H2,1-2H3,(H,19,20). The van der Waals surface area contributed by atoms with E-state index in [4.69, 9.17) is 5.73 Å². The second-order valence-electron chi connectivity index (χ2n) is 5.56. The third-order valence-corrected chi connectivity index (χ3v) is 4.68. The SMILES string of the molecule is Cc1cc(C)cc(CSc2cc3c(cc2N)CC(=O)N3)c1. The van der Waals surface area contributed by atoms with Crippen molar-refractivity contribution in [3.63, 3.8) is 0 Å². The second kappa shape index (κ2) is 5.45. The lowest BCUT2D eigenvalue weighted by molar-refractivity contribution is -0.115. The molecule has 0 atom stereocenters. The highest BCUT2D eigenvalue weighted by Gasteiger charge is 2.19. The van der Waals surface area contributed by atoms with Gasteiger partial charge in [0.05, 0.1) is 6.42 Å². The van der Waals surface area contributed by atoms with Gasteiger partial charge in [-0.25, -0.2) is 0 Å². The molecule has 0 radical (unpaired) electrons. The average molecular weight is 298 g/mol. The topological polar surface area (TPSA) is 55.1 Å². The van der Waals surface area contributed by atoms with E-state index in [9.17, 15) is 4.79 Å². The van der Waals surface area contributed by atoms with Crippen molar-refractivity contribution in [1.82, 2.24) is 0 Å². The van der Waals surface area contributed by atoms with E-state index >= 15 is 0 Å². The molecule has 0 saturated heterocycles. The fourth-order valence-corrected chi connectivity index (χ4v) is 3.63. The van der Waals surface area contributed by atoms with Gasteiger partial charge >= 0.3 is 0 Å². The van der Waals surface area contributed by atoms with Crippen LogP contribution in [0.1, 0.15) is 22.3 Å². The van der Waals surface area contributed by atoms with Crippen LogP contribution >= 0.6 is 11.8 Å². The maximum absolute atomic E-state index is 11.4. The monoisotopic (exact) mass is 298 g/mol. The molecule has 3 nitrogen and oxygen atoms in total. The van der Waals surface area contributed by atoms with Gasteiger partial charge in [-0.2, -0.15) is 0 Å². The molecule has 0 saturated carbocycles. The van der Waals surface area contributed by atoms with Crippen LogP contribution in [0.15, 0.2) is 35.2 Å². The highest BCUT2D eigenvalue weighted by molar-refractivity contribution is 7.98. The average Bonchev–Trinajstić information content (AvgIpc) is 2.74. The lowest BCUT2D eigenvalue weighted by atomic mass is 10.1. The van der Waals surface area contributed by atoms with Crippen molar-refractivity contribution in [3.8, 4) is 0 Å². The van der Waals surface area contributed by atoms with Gasteiger partial charge in [-0.1, -0.05) is 29.3 Å². The van der Waals surface area contributed by atoms with Crippen LogP contribution in [0.4, 0.5) is 11.4 Å². The second-order valence-corrected chi connectivity index (χ2v) is 6.57. The van der Waals surface area contributed by atoms with Crippen LogP contribution in [-0.4, -0.2) is 5.91 Å². The Morgan fingerprint density at radius 3 is 2.57 bits per heavy atom. The molecule has 3 N–H and O–H groups in total. The smallest absolute Gasteiger partial charge is 0.228 e. The van der Waals surface area contributed by atoms with Crippen LogP contribution in [0.5, 0.6) is 0 Å². The minimum atomic E-state index is 0.0425. The maximum Gasteiger partial charge on any atom is 0.228 e. The van der Waals surface area contributed by atoms with E-state index in [1.165, 1.54) is 16.7 Å². The van der Waals surface area contributed by atoms with E-state index in [1.807, 2.05) is 12.1 Å². The Hall–Kier alpha value is -1.94. The summed E-state index contributed by atoms with van der Waals surface area (Å²) in [7, 11) is 0. The van der Waals surface area contributed by atoms with Crippen LogP contribution in [-0.2, 0) is 17.0 Å². The first-order chi connectivity index (χ1) is 10.0. The van der Waals surface area contributed by atoms with E-state index in [-0.39, 0.29) is 5.91 Å². The normalized spacial score (nSPS) is 13.1. The van der Waals surface area contributed by atoms with E-state index in [1.54, 1.807) is 11.8 Å². The molecule has 3 rings (SSSR count). The Balaban J connectivity index is 1.79. The van der Waals surface area contributed by atoms with Crippen molar-refractivity contribution in [3.05, 3.63) is 52.6 Å². The van der Waals surface area contributed by atoms with Crippen LogP contribution in [0.2, 0.25) is 0 Å². The molecule has 0 bridgehead atoms. The van der Waals surface area contributed by atoms with Crippen molar-refractivity contribution in [2.24, 2.45) is 0 Å². The number of nitrogens with two attached hydrogens (primary N) is 1. The molecule has 4 heteroatoms. The van der Waals surface area contributed by atoms with Crippen LogP contribution in [0, 0.1) is 13.8 Å². The number of nitrogen functional groups attached to an aromatic ring is 1. The summed E-state index contributed by atoms with van der Waals surface area (Å²) in [4.78, 5) is 12.4. The summed E-state index contributed by atoms with van der Waals surface area (Å²) >= 11 is 1.71. The zero-order valence-corrected chi connectivity index (χ0v) is 13.0. The van der Waals surface area contributed by atoms with Crippen molar-refractivity contribution in [2.75, 3.05) is 11.1 Å². The summed E-state index contributed by atoms with van der Waals surface area (Å²) in [5.41, 5.74) is 12.6. The summed E-state index contributed by atoms with van der Waals surface area (Å²) in [5, 5.41) is 2.87. The minimum absolute atomic E-state index is 0.0425. The lowest BCUT2D eigenvalue weighted by Crippen LogP contribution is -2.03. The Labute approximate surface area is 128 Å². The number of aryl methyl sites for hydroxylation is 2. The third kappa shape index (κ3) is 3.05. The molecule has 1 heterocycles. The van der Waals surface area contributed by atoms with Gasteiger partial charge in [0.1, 0.15) is 0 Å². The number of benzene rings is 2. The Bertz CT molecular complexity index is 705. The van der Waals surface area contributed by atoms with Crippen LogP contribution in [0.3, 0.4) is 0 Å². The van der Waals surface area contributed by atoms with Gasteiger partial charge in [-0.3, -0.25) is 4.79 Å². The highest BCUT2D eigenvalue weighted by Crippen LogP contribution is 2.35. The number of rotatable bonds is 3. The van der Waals surface area contributed by atoms with E-state index in [0.717, 1.165) is 27.6 Å². The van der Waals surface area contributed by atoms with Crippen molar-refractivity contribution in [2.45, 2.75) is 30.9 Å². The van der Waals surface area contributed by atoms with Crippen LogP contribution in [0.25, 0.3) is 0 Å². The number of anilines is 2. The number of carbonyl (C=O) groups excluding carboxylic acids is 1. The first-order valence-corrected chi connectivity index (χ1v) is 7.92. The fourth-order valence-electron chi connectivity index (χ4n) is 2.71. The molecule has 1 aliphatic heterocycles. The number of carbonyl (C=O) groups is 1. The number of thioether (sulfide) groups is 1. The Morgan fingerprint density at radius 2 is 1.86 bits per heavy atom. The maximum atomic E-state index is 11.4. The Kier molecular flexibility index (Phi) is 3.64. The molecule has 0 unspecified atom stereocenters. The molecule has 2 aromatic carbocycles. The summed E-state index contributed by atoms with van der Waals surface area (Å²) in [6, 6.07) is 10.5. The van der Waals surface area contributed by atoms with Gasteiger partial charge in [0.2, 0.25) is 5.91 Å². The van der Waals surface area contributed by atoms with E-state index < -0.39 is 0 Å². The number of hydrogen-bond acceptors (Lipinski definition) is 3. The quantitative estimate of drug-likeness (QED) is 0.671. The van der Waals surface area contributed by atoms with Gasteiger partial charge in [-0.05, 0) is 37.1 Å². The zero-order valence-electron chi connectivity index (χ0n) is 12.2. The predicted octanol–water partition coefficient (Wildman–Crippen LogP) is 3.67. The fraction of sp³-hybridized carbons (Fsp3) is 0.235. The van der Waals surface area contributed by atoms with Gasteiger partial charge in [-0.15, -0.1) is 11.8 Å².